The van der Waals surface area contributed by atoms with Crippen molar-refractivity contribution in [1.82, 2.24) is 0 Å². The highest BCUT2D eigenvalue weighted by molar-refractivity contribution is 6.32. The van der Waals surface area contributed by atoms with E-state index in [-0.39, 0.29) is 10.9 Å². The summed E-state index contributed by atoms with van der Waals surface area (Å²) in [6.07, 6.45) is 1.11. The van der Waals surface area contributed by atoms with Gasteiger partial charge in [0.2, 0.25) is 5.91 Å². The van der Waals surface area contributed by atoms with Crippen LogP contribution in [0.5, 0.6) is 0 Å². The summed E-state index contributed by atoms with van der Waals surface area (Å²) in [4.78, 5) is 22.7. The van der Waals surface area contributed by atoms with Crippen molar-refractivity contribution in [3.63, 3.8) is 0 Å². The molecule has 1 aromatic rings. The Morgan fingerprint density at radius 2 is 2.05 bits per heavy atom. The summed E-state index contributed by atoms with van der Waals surface area (Å²) in [5.74, 6) is -2.36. The number of halogens is 1. The summed E-state index contributed by atoms with van der Waals surface area (Å²) in [5, 5.41) is 20.5. The van der Waals surface area contributed by atoms with E-state index in [4.69, 9.17) is 22.0 Å². The quantitative estimate of drug-likeness (QED) is 0.887. The molecule has 0 aromatic heterocycles. The van der Waals surface area contributed by atoms with Crippen molar-refractivity contribution in [2.45, 2.75) is 12.8 Å². The Bertz CT molecular complexity index is 580. The lowest BCUT2D eigenvalue weighted by molar-refractivity contribution is -0.151. The lowest BCUT2D eigenvalue weighted by Crippen LogP contribution is -2.41. The number of hydrogen-bond acceptors (Lipinski definition) is 3. The van der Waals surface area contributed by atoms with Gasteiger partial charge in [0.1, 0.15) is 6.07 Å². The predicted molar refractivity (Wildman–Crippen MR) is 68.6 cm³/mol. The van der Waals surface area contributed by atoms with E-state index in [1.54, 1.807) is 6.07 Å². The van der Waals surface area contributed by atoms with E-state index in [0.717, 1.165) is 0 Å². The average molecular weight is 279 g/mol. The van der Waals surface area contributed by atoms with Crippen molar-refractivity contribution in [1.29, 1.82) is 5.26 Å². The first-order valence-electron chi connectivity index (χ1n) is 5.76. The Hall–Kier alpha value is -2.06. The zero-order valence-corrected chi connectivity index (χ0v) is 10.6. The summed E-state index contributed by atoms with van der Waals surface area (Å²) in [6.45, 7) is 0. The zero-order chi connectivity index (χ0) is 14.0. The molecular formula is C13H11ClN2O3. The fourth-order valence-electron chi connectivity index (χ4n) is 2.03. The van der Waals surface area contributed by atoms with Gasteiger partial charge in [-0.15, -0.1) is 0 Å². The molecule has 2 rings (SSSR count). The maximum Gasteiger partial charge on any atom is 0.307 e. The summed E-state index contributed by atoms with van der Waals surface area (Å²) < 4.78 is 0. The molecule has 1 aromatic carbocycles. The van der Waals surface area contributed by atoms with Gasteiger partial charge in [-0.05, 0) is 31.0 Å². The highest BCUT2D eigenvalue weighted by Crippen LogP contribution is 2.35. The molecule has 0 saturated heterocycles. The van der Waals surface area contributed by atoms with Crippen molar-refractivity contribution >= 4 is 29.2 Å². The van der Waals surface area contributed by atoms with Crippen LogP contribution in [0.15, 0.2) is 18.2 Å². The molecule has 98 valence electrons. The number of amides is 1. The third-order valence-corrected chi connectivity index (χ3v) is 3.60. The molecule has 1 aliphatic rings. The maximum atomic E-state index is 11.9. The van der Waals surface area contributed by atoms with Crippen LogP contribution in [0.1, 0.15) is 18.4 Å². The number of rotatable bonds is 3. The molecule has 1 amide bonds. The molecule has 1 fully saturated rings. The molecule has 1 saturated carbocycles. The van der Waals surface area contributed by atoms with Crippen LogP contribution >= 0.6 is 11.6 Å². The average Bonchev–Trinajstić information content (AvgIpc) is 2.26. The van der Waals surface area contributed by atoms with Crippen LogP contribution in [0.3, 0.4) is 0 Å². The highest BCUT2D eigenvalue weighted by atomic mass is 35.5. The molecule has 19 heavy (non-hydrogen) atoms. The second kappa shape index (κ2) is 5.29. The minimum Gasteiger partial charge on any atom is -0.481 e. The second-order valence-corrected chi connectivity index (χ2v) is 4.83. The molecule has 2 atom stereocenters. The number of benzene rings is 1. The van der Waals surface area contributed by atoms with E-state index in [9.17, 15) is 9.59 Å². The standard InChI is InChI=1S/C13H11ClN2O3/c14-11-5-8(2-1-7(11)6-15)16-12(17)9-3-4-10(9)13(18)19/h1-2,5,9-10H,3-4H2,(H,16,17)(H,18,19)/t9-,10+/m1/s1. The van der Waals surface area contributed by atoms with Crippen LogP contribution in [-0.4, -0.2) is 17.0 Å². The SMILES string of the molecule is N#Cc1ccc(NC(=O)[C@@H]2CC[C@@H]2C(=O)O)cc1Cl. The largest absolute Gasteiger partial charge is 0.481 e. The first-order chi connectivity index (χ1) is 9.02. The highest BCUT2D eigenvalue weighted by Gasteiger charge is 2.41. The normalized spacial score (nSPS) is 21.1. The molecule has 0 unspecified atom stereocenters. The van der Waals surface area contributed by atoms with Gasteiger partial charge in [0.25, 0.3) is 0 Å². The van der Waals surface area contributed by atoms with Crippen LogP contribution < -0.4 is 5.32 Å². The monoisotopic (exact) mass is 278 g/mol. The fraction of sp³-hybridized carbons (Fsp3) is 0.308. The van der Waals surface area contributed by atoms with Gasteiger partial charge < -0.3 is 10.4 Å². The van der Waals surface area contributed by atoms with Crippen LogP contribution in [0.2, 0.25) is 5.02 Å². The van der Waals surface area contributed by atoms with Crippen LogP contribution in [-0.2, 0) is 9.59 Å². The number of aliphatic carboxylic acids is 1. The van der Waals surface area contributed by atoms with Crippen molar-refractivity contribution in [2.75, 3.05) is 5.32 Å². The molecule has 0 aliphatic heterocycles. The molecule has 5 nitrogen and oxygen atoms in total. The molecular weight excluding hydrogens is 268 g/mol. The van der Waals surface area contributed by atoms with E-state index < -0.39 is 17.8 Å². The van der Waals surface area contributed by atoms with Gasteiger partial charge >= 0.3 is 5.97 Å². The third kappa shape index (κ3) is 2.69. The third-order valence-electron chi connectivity index (χ3n) is 3.29. The van der Waals surface area contributed by atoms with Crippen molar-refractivity contribution in [3.8, 4) is 6.07 Å². The Balaban J connectivity index is 2.06. The van der Waals surface area contributed by atoms with Gasteiger partial charge in [0.05, 0.1) is 22.4 Å². The molecule has 0 radical (unpaired) electrons. The Morgan fingerprint density at radius 1 is 1.37 bits per heavy atom. The van der Waals surface area contributed by atoms with Gasteiger partial charge in [-0.1, -0.05) is 11.6 Å². The molecule has 1 aliphatic carbocycles. The van der Waals surface area contributed by atoms with Crippen LogP contribution in [0, 0.1) is 23.2 Å². The molecule has 6 heteroatoms. The lowest BCUT2D eigenvalue weighted by Gasteiger charge is -2.31. The van der Waals surface area contributed by atoms with Gasteiger partial charge in [0, 0.05) is 5.69 Å². The number of carbonyl (C=O) groups excluding carboxylic acids is 1. The van der Waals surface area contributed by atoms with Gasteiger partial charge in [-0.2, -0.15) is 5.26 Å². The van der Waals surface area contributed by atoms with E-state index in [2.05, 4.69) is 5.32 Å². The molecule has 0 heterocycles. The minimum absolute atomic E-state index is 0.253. The number of carboxylic acid groups (broad SMARTS) is 1. The first-order valence-corrected chi connectivity index (χ1v) is 6.14. The van der Waals surface area contributed by atoms with Crippen LogP contribution in [0.25, 0.3) is 0 Å². The first kappa shape index (κ1) is 13.4. The summed E-state index contributed by atoms with van der Waals surface area (Å²) in [7, 11) is 0. The number of nitrogens with one attached hydrogen (secondary N) is 1. The number of nitrogens with zero attached hydrogens (tertiary/aromatic N) is 1. The summed E-state index contributed by atoms with van der Waals surface area (Å²) >= 11 is 5.85. The minimum atomic E-state index is -0.940. The molecule has 2 N–H and O–H groups in total. The van der Waals surface area contributed by atoms with Crippen molar-refractivity contribution in [2.24, 2.45) is 11.8 Å². The summed E-state index contributed by atoms with van der Waals surface area (Å²) in [5.41, 5.74) is 0.789. The van der Waals surface area contributed by atoms with Gasteiger partial charge in [0.15, 0.2) is 0 Å². The Kier molecular flexibility index (Phi) is 3.72. The lowest BCUT2D eigenvalue weighted by atomic mass is 9.73. The Morgan fingerprint density at radius 3 is 2.53 bits per heavy atom. The van der Waals surface area contributed by atoms with Crippen molar-refractivity contribution < 1.29 is 14.7 Å². The maximum absolute atomic E-state index is 11.9. The molecule has 0 bridgehead atoms. The zero-order valence-electron chi connectivity index (χ0n) is 9.89. The predicted octanol–water partition coefficient (Wildman–Crippen LogP) is 2.26. The van der Waals surface area contributed by atoms with Crippen LogP contribution in [0.4, 0.5) is 5.69 Å². The smallest absolute Gasteiger partial charge is 0.307 e. The number of carboxylic acids is 1. The molecule has 0 spiro atoms. The number of hydrogen-bond donors (Lipinski definition) is 2. The van der Waals surface area contributed by atoms with E-state index in [1.807, 2.05) is 6.07 Å². The topological polar surface area (TPSA) is 90.2 Å². The summed E-state index contributed by atoms with van der Waals surface area (Å²) in [6, 6.07) is 6.47. The number of anilines is 1. The van der Waals surface area contributed by atoms with Crippen molar-refractivity contribution in [3.05, 3.63) is 28.8 Å². The number of carbonyl (C=O) groups is 2. The van der Waals surface area contributed by atoms with E-state index in [1.165, 1.54) is 12.1 Å². The second-order valence-electron chi connectivity index (χ2n) is 4.42. The Labute approximate surface area is 114 Å². The number of nitriles is 1. The van der Waals surface area contributed by atoms with Gasteiger partial charge in [-0.3, -0.25) is 9.59 Å². The fourth-order valence-corrected chi connectivity index (χ4v) is 2.25. The van der Waals surface area contributed by atoms with Gasteiger partial charge in [-0.25, -0.2) is 0 Å². The van der Waals surface area contributed by atoms with E-state index in [0.29, 0.717) is 24.1 Å². The van der Waals surface area contributed by atoms with E-state index >= 15 is 0 Å².